The number of hydrogen-bond acceptors (Lipinski definition) is 3. The summed E-state index contributed by atoms with van der Waals surface area (Å²) < 4.78 is 1.71. The van der Waals surface area contributed by atoms with Gasteiger partial charge in [-0.25, -0.2) is 4.68 Å². The Bertz CT molecular complexity index is 788. The lowest BCUT2D eigenvalue weighted by atomic mass is 10.1. The van der Waals surface area contributed by atoms with Crippen LogP contribution in [0.2, 0.25) is 0 Å². The van der Waals surface area contributed by atoms with Crippen molar-refractivity contribution in [3.8, 4) is 16.9 Å². The predicted molar refractivity (Wildman–Crippen MR) is 81.7 cm³/mol. The number of aldehydes is 1. The Morgan fingerprint density at radius 3 is 2.43 bits per heavy atom. The molecule has 3 aromatic rings. The van der Waals surface area contributed by atoms with E-state index in [4.69, 9.17) is 0 Å². The first-order chi connectivity index (χ1) is 10.2. The SMILES string of the molecule is Cc1ccc(-n2nnc(C=O)c2-c2cccc(C)c2)cc1. The van der Waals surface area contributed by atoms with Crippen LogP contribution in [0.5, 0.6) is 0 Å². The Kier molecular flexibility index (Phi) is 3.36. The standard InChI is InChI=1S/C17H15N3O/c1-12-6-8-15(9-7-12)20-17(16(11-21)18-19-20)14-5-3-4-13(2)10-14/h3-11H,1-2H3. The molecule has 2 aromatic carbocycles. The molecule has 0 bridgehead atoms. The summed E-state index contributed by atoms with van der Waals surface area (Å²) in [7, 11) is 0. The van der Waals surface area contributed by atoms with Gasteiger partial charge in [-0.05, 0) is 32.0 Å². The lowest BCUT2D eigenvalue weighted by Gasteiger charge is -2.08. The van der Waals surface area contributed by atoms with Crippen LogP contribution in [0.15, 0.2) is 48.5 Å². The molecule has 0 fully saturated rings. The summed E-state index contributed by atoms with van der Waals surface area (Å²) in [6, 6.07) is 15.9. The number of benzene rings is 2. The summed E-state index contributed by atoms with van der Waals surface area (Å²) in [5.74, 6) is 0. The average molecular weight is 277 g/mol. The average Bonchev–Trinajstić information content (AvgIpc) is 2.92. The van der Waals surface area contributed by atoms with Crippen molar-refractivity contribution >= 4 is 6.29 Å². The molecule has 4 heteroatoms. The van der Waals surface area contributed by atoms with Gasteiger partial charge >= 0.3 is 0 Å². The van der Waals surface area contributed by atoms with Gasteiger partial charge < -0.3 is 0 Å². The van der Waals surface area contributed by atoms with Gasteiger partial charge in [0.05, 0.1) is 5.69 Å². The van der Waals surface area contributed by atoms with E-state index in [2.05, 4.69) is 10.3 Å². The molecule has 0 atom stereocenters. The highest BCUT2D eigenvalue weighted by Gasteiger charge is 2.15. The highest BCUT2D eigenvalue weighted by atomic mass is 16.1. The van der Waals surface area contributed by atoms with E-state index >= 15 is 0 Å². The van der Waals surface area contributed by atoms with Crippen molar-refractivity contribution in [2.24, 2.45) is 0 Å². The molecule has 0 saturated carbocycles. The van der Waals surface area contributed by atoms with Crippen molar-refractivity contribution in [3.63, 3.8) is 0 Å². The van der Waals surface area contributed by atoms with Gasteiger partial charge in [-0.15, -0.1) is 5.10 Å². The van der Waals surface area contributed by atoms with Gasteiger partial charge in [0.15, 0.2) is 12.0 Å². The molecule has 0 amide bonds. The number of hydrogen-bond donors (Lipinski definition) is 0. The molecule has 0 aliphatic rings. The molecule has 0 aliphatic heterocycles. The summed E-state index contributed by atoms with van der Waals surface area (Å²) in [6.07, 6.45) is 0.745. The summed E-state index contributed by atoms with van der Waals surface area (Å²) in [4.78, 5) is 11.3. The van der Waals surface area contributed by atoms with Gasteiger partial charge in [0.1, 0.15) is 5.69 Å². The molecule has 104 valence electrons. The second-order valence-corrected chi connectivity index (χ2v) is 5.06. The van der Waals surface area contributed by atoms with Crippen LogP contribution in [0.1, 0.15) is 21.6 Å². The fourth-order valence-electron chi connectivity index (χ4n) is 2.30. The summed E-state index contributed by atoms with van der Waals surface area (Å²) >= 11 is 0. The van der Waals surface area contributed by atoms with Crippen LogP contribution in [-0.2, 0) is 0 Å². The Morgan fingerprint density at radius 2 is 1.76 bits per heavy atom. The van der Waals surface area contributed by atoms with Crippen molar-refractivity contribution < 1.29 is 4.79 Å². The van der Waals surface area contributed by atoms with Crippen molar-refractivity contribution in [2.75, 3.05) is 0 Å². The van der Waals surface area contributed by atoms with Crippen molar-refractivity contribution in [1.29, 1.82) is 0 Å². The first kappa shape index (κ1) is 13.2. The summed E-state index contributed by atoms with van der Waals surface area (Å²) in [5.41, 5.74) is 5.19. The number of rotatable bonds is 3. The Hall–Kier alpha value is -2.75. The van der Waals surface area contributed by atoms with Crippen molar-refractivity contribution in [1.82, 2.24) is 15.0 Å². The number of carbonyl (C=O) groups excluding carboxylic acids is 1. The zero-order valence-corrected chi connectivity index (χ0v) is 11.9. The Morgan fingerprint density at radius 1 is 1.00 bits per heavy atom. The minimum absolute atomic E-state index is 0.348. The van der Waals surface area contributed by atoms with E-state index in [0.717, 1.165) is 28.8 Å². The van der Waals surface area contributed by atoms with Crippen LogP contribution in [-0.4, -0.2) is 21.3 Å². The molecule has 0 saturated heterocycles. The van der Waals surface area contributed by atoms with Crippen LogP contribution >= 0.6 is 0 Å². The molecular weight excluding hydrogens is 262 g/mol. The topological polar surface area (TPSA) is 47.8 Å². The van der Waals surface area contributed by atoms with Crippen LogP contribution in [0.3, 0.4) is 0 Å². The quantitative estimate of drug-likeness (QED) is 0.690. The maximum absolute atomic E-state index is 11.3. The highest BCUT2D eigenvalue weighted by Crippen LogP contribution is 2.25. The van der Waals surface area contributed by atoms with Crippen LogP contribution in [0.25, 0.3) is 16.9 Å². The zero-order valence-electron chi connectivity index (χ0n) is 11.9. The predicted octanol–water partition coefficient (Wildman–Crippen LogP) is 3.36. The first-order valence-electron chi connectivity index (χ1n) is 6.74. The molecular formula is C17H15N3O. The first-order valence-corrected chi connectivity index (χ1v) is 6.74. The van der Waals surface area contributed by atoms with E-state index in [0.29, 0.717) is 5.69 Å². The van der Waals surface area contributed by atoms with Crippen LogP contribution < -0.4 is 0 Å². The van der Waals surface area contributed by atoms with Gasteiger partial charge in [0, 0.05) is 5.56 Å². The monoisotopic (exact) mass is 277 g/mol. The lowest BCUT2D eigenvalue weighted by Crippen LogP contribution is -2.00. The molecule has 0 N–H and O–H groups in total. The molecule has 21 heavy (non-hydrogen) atoms. The molecule has 0 spiro atoms. The fourth-order valence-corrected chi connectivity index (χ4v) is 2.30. The van der Waals surface area contributed by atoms with Gasteiger partial charge in [-0.2, -0.15) is 0 Å². The zero-order chi connectivity index (χ0) is 14.8. The van der Waals surface area contributed by atoms with E-state index in [1.807, 2.05) is 62.4 Å². The second-order valence-electron chi connectivity index (χ2n) is 5.06. The number of aromatic nitrogens is 3. The molecule has 0 aliphatic carbocycles. The fraction of sp³-hybridized carbons (Fsp3) is 0.118. The van der Waals surface area contributed by atoms with E-state index < -0.39 is 0 Å². The molecule has 4 nitrogen and oxygen atoms in total. The summed E-state index contributed by atoms with van der Waals surface area (Å²) in [5, 5.41) is 8.11. The maximum atomic E-state index is 11.3. The van der Waals surface area contributed by atoms with E-state index in [9.17, 15) is 4.79 Å². The van der Waals surface area contributed by atoms with Crippen LogP contribution in [0.4, 0.5) is 0 Å². The molecule has 0 unspecified atom stereocenters. The van der Waals surface area contributed by atoms with E-state index in [1.54, 1.807) is 4.68 Å². The smallest absolute Gasteiger partial charge is 0.172 e. The number of nitrogens with zero attached hydrogens (tertiary/aromatic N) is 3. The van der Waals surface area contributed by atoms with Gasteiger partial charge in [-0.1, -0.05) is 46.7 Å². The van der Waals surface area contributed by atoms with E-state index in [1.165, 1.54) is 5.56 Å². The normalized spacial score (nSPS) is 10.6. The maximum Gasteiger partial charge on any atom is 0.172 e. The van der Waals surface area contributed by atoms with Gasteiger partial charge in [-0.3, -0.25) is 4.79 Å². The Labute approximate surface area is 123 Å². The molecule has 3 rings (SSSR count). The van der Waals surface area contributed by atoms with Gasteiger partial charge in [0.2, 0.25) is 0 Å². The largest absolute Gasteiger partial charge is 0.296 e. The molecule has 1 aromatic heterocycles. The van der Waals surface area contributed by atoms with Crippen molar-refractivity contribution in [2.45, 2.75) is 13.8 Å². The summed E-state index contributed by atoms with van der Waals surface area (Å²) in [6.45, 7) is 4.05. The highest BCUT2D eigenvalue weighted by molar-refractivity contribution is 5.84. The van der Waals surface area contributed by atoms with Crippen LogP contribution in [0, 0.1) is 13.8 Å². The molecule has 1 heterocycles. The number of aryl methyl sites for hydroxylation is 2. The minimum Gasteiger partial charge on any atom is -0.296 e. The van der Waals surface area contributed by atoms with Crippen molar-refractivity contribution in [3.05, 3.63) is 65.4 Å². The molecule has 0 radical (unpaired) electrons. The second kappa shape index (κ2) is 5.32. The minimum atomic E-state index is 0.348. The lowest BCUT2D eigenvalue weighted by molar-refractivity contribution is 0.111. The number of carbonyl (C=O) groups is 1. The third-order valence-electron chi connectivity index (χ3n) is 3.38. The third kappa shape index (κ3) is 2.48. The third-order valence-corrected chi connectivity index (χ3v) is 3.38. The van der Waals surface area contributed by atoms with E-state index in [-0.39, 0.29) is 0 Å². The van der Waals surface area contributed by atoms with Gasteiger partial charge in [0.25, 0.3) is 0 Å². The Balaban J connectivity index is 2.21.